The van der Waals surface area contributed by atoms with Crippen LogP contribution in [0, 0.1) is 17.3 Å². The van der Waals surface area contributed by atoms with Gasteiger partial charge in [-0.25, -0.2) is 0 Å². The van der Waals surface area contributed by atoms with E-state index in [1.54, 1.807) is 7.11 Å². The zero-order valence-electron chi connectivity index (χ0n) is 12.2. The molecule has 0 unspecified atom stereocenters. The molecule has 0 bridgehead atoms. The molecule has 0 spiro atoms. The summed E-state index contributed by atoms with van der Waals surface area (Å²) in [6.07, 6.45) is 5.67. The maximum Gasteiger partial charge on any atom is 0.123 e. The van der Waals surface area contributed by atoms with Crippen LogP contribution in [0.25, 0.3) is 0 Å². The minimum atomic E-state index is 0.187. The molecule has 0 amide bonds. The first-order valence-electron chi connectivity index (χ1n) is 7.13. The number of hydrogen-bond acceptors (Lipinski definition) is 2. The van der Waals surface area contributed by atoms with Gasteiger partial charge in [0, 0.05) is 5.92 Å². The van der Waals surface area contributed by atoms with Crippen molar-refractivity contribution in [1.29, 1.82) is 0 Å². The second-order valence-electron chi connectivity index (χ2n) is 6.42. The van der Waals surface area contributed by atoms with Crippen LogP contribution in [0.4, 0.5) is 0 Å². The van der Waals surface area contributed by atoms with E-state index in [1.165, 1.54) is 18.4 Å². The third-order valence-corrected chi connectivity index (χ3v) is 4.57. The molecular weight excluding hydrogens is 236 g/mol. The first kappa shape index (κ1) is 14.1. The third-order valence-electron chi connectivity index (χ3n) is 4.57. The van der Waals surface area contributed by atoms with E-state index in [2.05, 4.69) is 26.0 Å². The average molecular weight is 260 g/mol. The molecular formula is C17H24O2. The van der Waals surface area contributed by atoms with Crippen LogP contribution in [0.5, 0.6) is 5.75 Å². The summed E-state index contributed by atoms with van der Waals surface area (Å²) in [6.45, 7) is 4.44. The number of benzene rings is 1. The molecule has 1 aliphatic carbocycles. The van der Waals surface area contributed by atoms with Crippen molar-refractivity contribution < 1.29 is 9.53 Å². The number of aldehydes is 1. The van der Waals surface area contributed by atoms with Crippen LogP contribution in [0.2, 0.25) is 0 Å². The van der Waals surface area contributed by atoms with Gasteiger partial charge >= 0.3 is 0 Å². The Morgan fingerprint density at radius 2 is 2.00 bits per heavy atom. The van der Waals surface area contributed by atoms with E-state index in [4.69, 9.17) is 4.74 Å². The van der Waals surface area contributed by atoms with Gasteiger partial charge < -0.3 is 9.53 Å². The fourth-order valence-electron chi connectivity index (χ4n) is 3.28. The second-order valence-corrected chi connectivity index (χ2v) is 6.42. The lowest BCUT2D eigenvalue weighted by molar-refractivity contribution is -0.113. The van der Waals surface area contributed by atoms with Crippen LogP contribution in [0.1, 0.15) is 38.7 Å². The molecule has 1 saturated carbocycles. The Hall–Kier alpha value is -1.31. The second kappa shape index (κ2) is 5.77. The van der Waals surface area contributed by atoms with Gasteiger partial charge in [-0.15, -0.1) is 0 Å². The molecule has 0 aliphatic heterocycles. The molecule has 104 valence electrons. The molecule has 2 atom stereocenters. The highest BCUT2D eigenvalue weighted by Crippen LogP contribution is 2.46. The summed E-state index contributed by atoms with van der Waals surface area (Å²) in [5, 5.41) is 0. The molecule has 19 heavy (non-hydrogen) atoms. The molecule has 2 rings (SSSR count). The first-order chi connectivity index (χ1) is 9.05. The topological polar surface area (TPSA) is 26.3 Å². The van der Waals surface area contributed by atoms with Crippen LogP contribution in [0.3, 0.4) is 0 Å². The minimum absolute atomic E-state index is 0.187. The summed E-state index contributed by atoms with van der Waals surface area (Å²) < 4.78 is 5.16. The van der Waals surface area contributed by atoms with Crippen molar-refractivity contribution in [2.75, 3.05) is 7.11 Å². The Morgan fingerprint density at radius 3 is 2.53 bits per heavy atom. The van der Waals surface area contributed by atoms with E-state index >= 15 is 0 Å². The molecule has 0 radical (unpaired) electrons. The normalized spacial score (nSPS) is 25.2. The van der Waals surface area contributed by atoms with Crippen LogP contribution < -0.4 is 4.74 Å². The maximum absolute atomic E-state index is 11.1. The molecule has 2 nitrogen and oxygen atoms in total. The summed E-state index contributed by atoms with van der Waals surface area (Å²) >= 11 is 0. The highest BCUT2D eigenvalue weighted by molar-refractivity contribution is 5.55. The fourth-order valence-corrected chi connectivity index (χ4v) is 3.28. The largest absolute Gasteiger partial charge is 0.497 e. The molecule has 0 heterocycles. The zero-order chi connectivity index (χ0) is 13.9. The van der Waals surface area contributed by atoms with Gasteiger partial charge in [0.25, 0.3) is 0 Å². The van der Waals surface area contributed by atoms with E-state index < -0.39 is 0 Å². The summed E-state index contributed by atoms with van der Waals surface area (Å²) in [7, 11) is 1.69. The predicted molar refractivity (Wildman–Crippen MR) is 77.4 cm³/mol. The molecule has 0 saturated heterocycles. The van der Waals surface area contributed by atoms with E-state index in [1.807, 2.05) is 12.1 Å². The first-order valence-corrected chi connectivity index (χ1v) is 7.13. The van der Waals surface area contributed by atoms with E-state index in [0.29, 0.717) is 5.92 Å². The van der Waals surface area contributed by atoms with Crippen LogP contribution in [-0.2, 0) is 11.2 Å². The van der Waals surface area contributed by atoms with Crippen molar-refractivity contribution in [3.63, 3.8) is 0 Å². The highest BCUT2D eigenvalue weighted by Gasteiger charge is 2.39. The van der Waals surface area contributed by atoms with Crippen LogP contribution in [0.15, 0.2) is 24.3 Å². The fraction of sp³-hybridized carbons (Fsp3) is 0.588. The summed E-state index contributed by atoms with van der Waals surface area (Å²) in [4.78, 5) is 11.1. The predicted octanol–water partition coefficient (Wildman–Crippen LogP) is 3.88. The van der Waals surface area contributed by atoms with Gasteiger partial charge in [0.2, 0.25) is 0 Å². The van der Waals surface area contributed by atoms with Gasteiger partial charge in [-0.05, 0) is 54.7 Å². The molecule has 0 aromatic heterocycles. The SMILES string of the molecule is COc1ccc(CC[C@@H]2C[C@@H](C=O)C(C)(C)C2)cc1. The number of aryl methyl sites for hydroxylation is 1. The van der Waals surface area contributed by atoms with Gasteiger partial charge in [0.1, 0.15) is 12.0 Å². The van der Waals surface area contributed by atoms with Crippen LogP contribution >= 0.6 is 0 Å². The van der Waals surface area contributed by atoms with Gasteiger partial charge in [0.15, 0.2) is 0 Å². The Bertz CT molecular complexity index is 419. The Labute approximate surface area is 116 Å². The highest BCUT2D eigenvalue weighted by atomic mass is 16.5. The quantitative estimate of drug-likeness (QED) is 0.751. The average Bonchev–Trinajstić information content (AvgIpc) is 2.71. The summed E-state index contributed by atoms with van der Waals surface area (Å²) in [6, 6.07) is 8.30. The molecule has 1 aliphatic rings. The monoisotopic (exact) mass is 260 g/mol. The number of rotatable bonds is 5. The van der Waals surface area contributed by atoms with Gasteiger partial charge in [0.05, 0.1) is 7.11 Å². The summed E-state index contributed by atoms with van der Waals surface area (Å²) in [5.41, 5.74) is 1.54. The maximum atomic E-state index is 11.1. The van der Waals surface area contributed by atoms with Crippen molar-refractivity contribution in [3.8, 4) is 5.75 Å². The number of hydrogen-bond donors (Lipinski definition) is 0. The smallest absolute Gasteiger partial charge is 0.123 e. The van der Waals surface area contributed by atoms with Crippen molar-refractivity contribution in [2.45, 2.75) is 39.5 Å². The molecule has 2 heteroatoms. The van der Waals surface area contributed by atoms with Crippen LogP contribution in [-0.4, -0.2) is 13.4 Å². The molecule has 1 fully saturated rings. The van der Waals surface area contributed by atoms with E-state index in [9.17, 15) is 4.79 Å². The van der Waals surface area contributed by atoms with Crippen molar-refractivity contribution in [2.24, 2.45) is 17.3 Å². The summed E-state index contributed by atoms with van der Waals surface area (Å²) in [5.74, 6) is 1.84. The molecule has 0 N–H and O–H groups in total. The number of carbonyl (C=O) groups excluding carboxylic acids is 1. The third kappa shape index (κ3) is 3.37. The lowest BCUT2D eigenvalue weighted by atomic mass is 9.82. The van der Waals surface area contributed by atoms with Crippen molar-refractivity contribution >= 4 is 6.29 Å². The van der Waals surface area contributed by atoms with Gasteiger partial charge in [-0.3, -0.25) is 0 Å². The van der Waals surface area contributed by atoms with Crippen molar-refractivity contribution in [1.82, 2.24) is 0 Å². The minimum Gasteiger partial charge on any atom is -0.497 e. The van der Waals surface area contributed by atoms with E-state index in [-0.39, 0.29) is 11.3 Å². The Morgan fingerprint density at radius 1 is 1.32 bits per heavy atom. The van der Waals surface area contributed by atoms with Crippen molar-refractivity contribution in [3.05, 3.63) is 29.8 Å². The lowest BCUT2D eigenvalue weighted by Crippen LogP contribution is -2.17. The number of ether oxygens (including phenoxy) is 1. The Kier molecular flexibility index (Phi) is 4.28. The van der Waals surface area contributed by atoms with Gasteiger partial charge in [-0.2, -0.15) is 0 Å². The van der Waals surface area contributed by atoms with Gasteiger partial charge in [-0.1, -0.05) is 26.0 Å². The standard InChI is InChI=1S/C17H24O2/c1-17(2)11-14(10-15(17)12-18)5-4-13-6-8-16(19-3)9-7-13/h6-9,12,14-15H,4-5,10-11H2,1-3H3/t14-,15+/m1/s1. The molecule has 1 aromatic carbocycles. The Balaban J connectivity index is 1.87. The number of carbonyl (C=O) groups is 1. The zero-order valence-corrected chi connectivity index (χ0v) is 12.2. The molecule has 1 aromatic rings. The number of methoxy groups -OCH3 is 1. The van der Waals surface area contributed by atoms with E-state index in [0.717, 1.165) is 24.9 Å². The lowest BCUT2D eigenvalue weighted by Gasteiger charge is -2.21.